The topological polar surface area (TPSA) is 79.5 Å². The van der Waals surface area contributed by atoms with E-state index in [9.17, 15) is 14.8 Å². The molecule has 0 fully saturated rings. The second-order valence-electron chi connectivity index (χ2n) is 2.91. The van der Waals surface area contributed by atoms with Crippen LogP contribution >= 0.6 is 0 Å². The summed E-state index contributed by atoms with van der Waals surface area (Å²) in [5, 5.41) is 10.5. The lowest BCUT2D eigenvalue weighted by atomic mass is 10.4. The van der Waals surface area contributed by atoms with E-state index < -0.39 is 11.9 Å². The lowest BCUT2D eigenvalue weighted by molar-refractivity contribution is -0.605. The largest absolute Gasteiger partial charge is 0.619 e. The van der Waals surface area contributed by atoms with Crippen LogP contribution in [0.25, 0.3) is 0 Å². The molecule has 0 saturated heterocycles. The maximum atomic E-state index is 10.5. The fraction of sp³-hybridized carbons (Fsp3) is 0.364. The normalized spacial score (nSPS) is 8.65. The van der Waals surface area contributed by atoms with Crippen molar-refractivity contribution < 1.29 is 23.8 Å². The minimum absolute atomic E-state index is 0.562. The number of ether oxygens (including phenoxy) is 2. The number of carbonyl (C=O) groups is 2. The highest BCUT2D eigenvalue weighted by atomic mass is 16.6. The first-order chi connectivity index (χ1) is 7.95. The SMILES string of the molecule is CC(=O)OC(C)=O.CCOc1cc[n+]([O-])cc1. The quantitative estimate of drug-likeness (QED) is 0.331. The van der Waals surface area contributed by atoms with Crippen LogP contribution < -0.4 is 9.47 Å². The third kappa shape index (κ3) is 8.86. The predicted octanol–water partition coefficient (Wildman–Crippen LogP) is 0.815. The Kier molecular flexibility index (Phi) is 7.09. The first kappa shape index (κ1) is 14.9. The first-order valence-corrected chi connectivity index (χ1v) is 4.96. The molecule has 0 aliphatic carbocycles. The summed E-state index contributed by atoms with van der Waals surface area (Å²) in [6.07, 6.45) is 2.82. The fourth-order valence-corrected chi connectivity index (χ4v) is 0.864. The first-order valence-electron chi connectivity index (χ1n) is 4.96. The van der Waals surface area contributed by atoms with E-state index >= 15 is 0 Å². The molecule has 1 aromatic heterocycles. The number of hydrogen-bond donors (Lipinski definition) is 0. The molecule has 1 aromatic rings. The summed E-state index contributed by atoms with van der Waals surface area (Å²) in [7, 11) is 0. The number of nitrogens with zero attached hydrogens (tertiary/aromatic N) is 1. The molecule has 0 spiro atoms. The number of aromatic nitrogens is 1. The second kappa shape index (κ2) is 8.09. The van der Waals surface area contributed by atoms with Gasteiger partial charge in [0.05, 0.1) is 6.61 Å². The lowest BCUT2D eigenvalue weighted by Gasteiger charge is -2.00. The van der Waals surface area contributed by atoms with Gasteiger partial charge in [-0.15, -0.1) is 0 Å². The molecule has 94 valence electrons. The Labute approximate surface area is 99.4 Å². The zero-order valence-corrected chi connectivity index (χ0v) is 10.0. The van der Waals surface area contributed by atoms with E-state index in [1.807, 2.05) is 6.92 Å². The van der Waals surface area contributed by atoms with Crippen LogP contribution in [-0.2, 0) is 14.3 Å². The molecular weight excluding hydrogens is 226 g/mol. The monoisotopic (exact) mass is 241 g/mol. The molecule has 0 aromatic carbocycles. The standard InChI is InChI=1S/C7H9NO2.C4H6O3/c1-2-10-7-3-5-8(9)6-4-7;1-3(5)7-4(2)6/h3-6H,2H2,1H3;1-2H3. The molecule has 1 heterocycles. The zero-order chi connectivity index (χ0) is 13.3. The van der Waals surface area contributed by atoms with Gasteiger partial charge in [0.2, 0.25) is 0 Å². The summed E-state index contributed by atoms with van der Waals surface area (Å²) < 4.78 is 9.81. The van der Waals surface area contributed by atoms with E-state index in [2.05, 4.69) is 4.74 Å². The van der Waals surface area contributed by atoms with Gasteiger partial charge in [0.25, 0.3) is 0 Å². The third-order valence-corrected chi connectivity index (χ3v) is 1.37. The van der Waals surface area contributed by atoms with Crippen molar-refractivity contribution in [1.29, 1.82) is 0 Å². The van der Waals surface area contributed by atoms with Crippen LogP contribution in [0, 0.1) is 5.21 Å². The van der Waals surface area contributed by atoms with Crippen molar-refractivity contribution in [3.63, 3.8) is 0 Å². The van der Waals surface area contributed by atoms with Gasteiger partial charge in [-0.05, 0) is 6.92 Å². The summed E-state index contributed by atoms with van der Waals surface area (Å²) in [4.78, 5) is 19.6. The minimum atomic E-state index is -0.562. The number of esters is 2. The molecule has 6 nitrogen and oxygen atoms in total. The summed E-state index contributed by atoms with van der Waals surface area (Å²) >= 11 is 0. The number of hydrogen-bond acceptors (Lipinski definition) is 5. The molecule has 0 unspecified atom stereocenters. The fourth-order valence-electron chi connectivity index (χ4n) is 0.864. The Morgan fingerprint density at radius 1 is 1.24 bits per heavy atom. The maximum Gasteiger partial charge on any atom is 0.310 e. The van der Waals surface area contributed by atoms with Crippen LogP contribution in [0.2, 0.25) is 0 Å². The maximum absolute atomic E-state index is 10.5. The van der Waals surface area contributed by atoms with Crippen molar-refractivity contribution in [2.45, 2.75) is 20.8 Å². The third-order valence-electron chi connectivity index (χ3n) is 1.37. The zero-order valence-electron chi connectivity index (χ0n) is 10.0. The molecule has 0 aliphatic heterocycles. The highest BCUT2D eigenvalue weighted by molar-refractivity contribution is 5.82. The van der Waals surface area contributed by atoms with Gasteiger partial charge in [0.1, 0.15) is 5.75 Å². The molecule has 0 bridgehead atoms. The van der Waals surface area contributed by atoms with Crippen LogP contribution in [0.5, 0.6) is 5.75 Å². The smallest absolute Gasteiger partial charge is 0.310 e. The Hall–Kier alpha value is -2.11. The van der Waals surface area contributed by atoms with Crippen LogP contribution in [0.15, 0.2) is 24.5 Å². The minimum Gasteiger partial charge on any atom is -0.619 e. The average molecular weight is 241 g/mol. The van der Waals surface area contributed by atoms with Crippen LogP contribution in [-0.4, -0.2) is 18.5 Å². The molecule has 1 rings (SSSR count). The van der Waals surface area contributed by atoms with Crippen molar-refractivity contribution in [2.24, 2.45) is 0 Å². The van der Waals surface area contributed by atoms with Crippen molar-refractivity contribution in [2.75, 3.05) is 6.61 Å². The number of carbonyl (C=O) groups excluding carboxylic acids is 2. The Balaban J connectivity index is 0.000000325. The van der Waals surface area contributed by atoms with Gasteiger partial charge >= 0.3 is 11.9 Å². The second-order valence-corrected chi connectivity index (χ2v) is 2.91. The van der Waals surface area contributed by atoms with Gasteiger partial charge in [-0.1, -0.05) is 0 Å². The Morgan fingerprint density at radius 3 is 2.00 bits per heavy atom. The van der Waals surface area contributed by atoms with E-state index in [1.54, 1.807) is 12.1 Å². The lowest BCUT2D eigenvalue weighted by Crippen LogP contribution is -2.23. The summed E-state index contributed by atoms with van der Waals surface area (Å²) in [6.45, 7) is 4.89. The molecule has 0 atom stereocenters. The molecule has 0 amide bonds. The van der Waals surface area contributed by atoms with Crippen molar-refractivity contribution in [3.8, 4) is 5.75 Å². The van der Waals surface area contributed by atoms with Gasteiger partial charge < -0.3 is 14.7 Å². The van der Waals surface area contributed by atoms with E-state index in [1.165, 1.54) is 26.2 Å². The number of rotatable bonds is 2. The van der Waals surface area contributed by atoms with Gasteiger partial charge in [0.15, 0.2) is 12.4 Å². The summed E-state index contributed by atoms with van der Waals surface area (Å²) in [5.74, 6) is -0.394. The molecular formula is C11H15NO5. The van der Waals surface area contributed by atoms with Crippen LogP contribution in [0.3, 0.4) is 0 Å². The Morgan fingerprint density at radius 2 is 1.71 bits per heavy atom. The summed E-state index contributed by atoms with van der Waals surface area (Å²) in [6, 6.07) is 3.27. The van der Waals surface area contributed by atoms with Gasteiger partial charge in [-0.25, -0.2) is 0 Å². The van der Waals surface area contributed by atoms with Crippen LogP contribution in [0.1, 0.15) is 20.8 Å². The van der Waals surface area contributed by atoms with E-state index in [0.29, 0.717) is 6.61 Å². The number of pyridine rings is 1. The van der Waals surface area contributed by atoms with Gasteiger partial charge in [0, 0.05) is 26.0 Å². The molecule has 0 saturated carbocycles. The summed E-state index contributed by atoms with van der Waals surface area (Å²) in [5.41, 5.74) is 0. The molecule has 6 heteroatoms. The van der Waals surface area contributed by atoms with Gasteiger partial charge in [-0.3, -0.25) is 9.59 Å². The van der Waals surface area contributed by atoms with Crippen molar-refractivity contribution >= 4 is 11.9 Å². The molecule has 17 heavy (non-hydrogen) atoms. The van der Waals surface area contributed by atoms with Crippen molar-refractivity contribution in [3.05, 3.63) is 29.7 Å². The van der Waals surface area contributed by atoms with Gasteiger partial charge in [-0.2, -0.15) is 4.73 Å². The highest BCUT2D eigenvalue weighted by Gasteiger charge is 1.93. The Bertz CT molecular complexity index is 349. The molecule has 0 aliphatic rings. The predicted molar refractivity (Wildman–Crippen MR) is 59.0 cm³/mol. The van der Waals surface area contributed by atoms with E-state index in [4.69, 9.17) is 4.74 Å². The average Bonchev–Trinajstić information content (AvgIpc) is 2.20. The van der Waals surface area contributed by atoms with Crippen LogP contribution in [0.4, 0.5) is 0 Å². The molecule has 0 radical (unpaired) electrons. The van der Waals surface area contributed by atoms with E-state index in [-0.39, 0.29) is 0 Å². The van der Waals surface area contributed by atoms with E-state index in [0.717, 1.165) is 10.5 Å². The highest BCUT2D eigenvalue weighted by Crippen LogP contribution is 2.04. The molecule has 0 N–H and O–H groups in total. The van der Waals surface area contributed by atoms with Crippen molar-refractivity contribution in [1.82, 2.24) is 0 Å².